The molecule has 0 spiro atoms. The molecule has 0 saturated carbocycles. The van der Waals surface area contributed by atoms with Crippen molar-refractivity contribution in [3.8, 4) is 0 Å². The summed E-state index contributed by atoms with van der Waals surface area (Å²) in [6.07, 6.45) is 2.94. The van der Waals surface area contributed by atoms with Gasteiger partial charge in [-0.1, -0.05) is 84.9 Å². The maximum atomic E-state index is 12.3. The Morgan fingerprint density at radius 1 is 0.579 bits per heavy atom. The van der Waals surface area contributed by atoms with Gasteiger partial charge in [-0.25, -0.2) is 9.59 Å². The summed E-state index contributed by atoms with van der Waals surface area (Å²) < 4.78 is 10.3. The second-order valence-corrected chi connectivity index (χ2v) is 8.31. The Morgan fingerprint density at radius 2 is 0.974 bits per heavy atom. The Balaban J connectivity index is 1.74. The van der Waals surface area contributed by atoms with Gasteiger partial charge in [-0.3, -0.25) is 0 Å². The van der Waals surface area contributed by atoms with E-state index in [0.29, 0.717) is 24.6 Å². The molecule has 0 amide bonds. The number of anilines is 2. The molecule has 0 aliphatic heterocycles. The molecule has 0 atom stereocenters. The maximum absolute atomic E-state index is 12.3. The van der Waals surface area contributed by atoms with E-state index in [1.165, 1.54) is 12.2 Å². The third-order valence-electron chi connectivity index (χ3n) is 5.73. The molecule has 0 aliphatic rings. The zero-order chi connectivity index (χ0) is 26.7. The number of esters is 2. The summed E-state index contributed by atoms with van der Waals surface area (Å²) in [4.78, 5) is 24.7. The van der Waals surface area contributed by atoms with Crippen molar-refractivity contribution in [2.24, 2.45) is 0 Å². The molecule has 4 rings (SSSR count). The lowest BCUT2D eigenvalue weighted by atomic mass is 10.0. The molecular formula is C32H30N2O4. The van der Waals surface area contributed by atoms with Gasteiger partial charge in [-0.05, 0) is 37.1 Å². The highest BCUT2D eigenvalue weighted by Gasteiger charge is 2.12. The average Bonchev–Trinajstić information content (AvgIpc) is 2.94. The standard InChI is InChI=1S/C32H30N2O4/c1-3-37-31(35)21-29(23-13-7-5-8-14-23)33-27-19-11-18-26-25(27)17-12-20-28(26)34-30(22-32(36)38-4-2)24-15-9-6-10-16-24/h5-22,33-34H,3-4H2,1-2H3/b29-21+,30-22+. The molecule has 0 aliphatic carbocycles. The molecule has 2 N–H and O–H groups in total. The highest BCUT2D eigenvalue weighted by atomic mass is 16.5. The molecule has 6 nitrogen and oxygen atoms in total. The van der Waals surface area contributed by atoms with Crippen LogP contribution in [0.5, 0.6) is 0 Å². The minimum Gasteiger partial charge on any atom is -0.463 e. The fourth-order valence-electron chi connectivity index (χ4n) is 4.04. The quantitative estimate of drug-likeness (QED) is 0.181. The minimum atomic E-state index is -0.418. The molecule has 192 valence electrons. The van der Waals surface area contributed by atoms with Crippen LogP contribution in [0, 0.1) is 0 Å². The number of rotatable bonds is 10. The number of nitrogens with one attached hydrogen (secondary N) is 2. The van der Waals surface area contributed by atoms with Crippen LogP contribution in [0.2, 0.25) is 0 Å². The first-order valence-electron chi connectivity index (χ1n) is 12.5. The van der Waals surface area contributed by atoms with E-state index in [4.69, 9.17) is 9.47 Å². The summed E-state index contributed by atoms with van der Waals surface area (Å²) in [7, 11) is 0. The lowest BCUT2D eigenvalue weighted by Crippen LogP contribution is -2.07. The largest absolute Gasteiger partial charge is 0.463 e. The summed E-state index contributed by atoms with van der Waals surface area (Å²) in [5, 5.41) is 8.74. The SMILES string of the molecule is CCOC(=O)/C=C(/Nc1cccc2c(N/C(=C/C(=O)OCC)c3ccccc3)cccc12)c1ccccc1. The van der Waals surface area contributed by atoms with Crippen molar-refractivity contribution < 1.29 is 19.1 Å². The lowest BCUT2D eigenvalue weighted by molar-refractivity contribution is -0.138. The number of ether oxygens (including phenoxy) is 2. The molecule has 0 heterocycles. The van der Waals surface area contributed by atoms with Gasteiger partial charge in [0.1, 0.15) is 0 Å². The van der Waals surface area contributed by atoms with E-state index in [1.807, 2.05) is 97.1 Å². The van der Waals surface area contributed by atoms with Crippen LogP contribution < -0.4 is 10.6 Å². The van der Waals surface area contributed by atoms with E-state index in [-0.39, 0.29) is 0 Å². The number of carbonyl (C=O) groups excluding carboxylic acids is 2. The molecule has 0 bridgehead atoms. The monoisotopic (exact) mass is 506 g/mol. The highest BCUT2D eigenvalue weighted by Crippen LogP contribution is 2.33. The Hall–Kier alpha value is -4.84. The van der Waals surface area contributed by atoms with Crippen LogP contribution in [0.15, 0.2) is 109 Å². The van der Waals surface area contributed by atoms with Gasteiger partial charge in [-0.2, -0.15) is 0 Å². The van der Waals surface area contributed by atoms with Crippen molar-refractivity contribution in [3.63, 3.8) is 0 Å². The number of fused-ring (bicyclic) bond motifs is 1. The van der Waals surface area contributed by atoms with Crippen molar-refractivity contribution in [3.05, 3.63) is 120 Å². The molecule has 0 radical (unpaired) electrons. The third-order valence-corrected chi connectivity index (χ3v) is 5.73. The third kappa shape index (κ3) is 6.68. The fraction of sp³-hybridized carbons (Fsp3) is 0.125. The van der Waals surface area contributed by atoms with Gasteiger partial charge < -0.3 is 20.1 Å². The summed E-state index contributed by atoms with van der Waals surface area (Å²) >= 11 is 0. The van der Waals surface area contributed by atoms with E-state index < -0.39 is 11.9 Å². The van der Waals surface area contributed by atoms with Crippen LogP contribution >= 0.6 is 0 Å². The Bertz CT molecular complexity index is 1350. The molecule has 4 aromatic carbocycles. The van der Waals surface area contributed by atoms with Gasteiger partial charge in [0.25, 0.3) is 0 Å². The van der Waals surface area contributed by atoms with Crippen molar-refractivity contribution in [2.45, 2.75) is 13.8 Å². The Kier molecular flexibility index (Phi) is 8.92. The Morgan fingerprint density at radius 3 is 1.34 bits per heavy atom. The van der Waals surface area contributed by atoms with E-state index >= 15 is 0 Å². The summed E-state index contributed by atoms with van der Waals surface area (Å²) in [5.74, 6) is -0.837. The summed E-state index contributed by atoms with van der Waals surface area (Å²) in [6.45, 7) is 4.15. The zero-order valence-electron chi connectivity index (χ0n) is 21.4. The average molecular weight is 507 g/mol. The van der Waals surface area contributed by atoms with Crippen LogP contribution in [-0.2, 0) is 19.1 Å². The van der Waals surface area contributed by atoms with Crippen LogP contribution in [0.3, 0.4) is 0 Å². The van der Waals surface area contributed by atoms with Crippen LogP contribution in [0.1, 0.15) is 25.0 Å². The summed E-state index contributed by atoms with van der Waals surface area (Å²) in [5.41, 5.74) is 4.61. The maximum Gasteiger partial charge on any atom is 0.332 e. The summed E-state index contributed by atoms with van der Waals surface area (Å²) in [6, 6.07) is 31.1. The molecule has 6 heteroatoms. The predicted octanol–water partition coefficient (Wildman–Crippen LogP) is 6.87. The van der Waals surface area contributed by atoms with Crippen molar-refractivity contribution >= 4 is 45.5 Å². The number of hydrogen-bond donors (Lipinski definition) is 2. The first kappa shape index (κ1) is 26.2. The normalized spacial score (nSPS) is 11.6. The predicted molar refractivity (Wildman–Crippen MR) is 153 cm³/mol. The number of benzene rings is 4. The van der Waals surface area contributed by atoms with E-state index in [0.717, 1.165) is 33.3 Å². The topological polar surface area (TPSA) is 76.7 Å². The molecular weight excluding hydrogens is 476 g/mol. The zero-order valence-corrected chi connectivity index (χ0v) is 21.4. The van der Waals surface area contributed by atoms with Gasteiger partial charge in [-0.15, -0.1) is 0 Å². The van der Waals surface area contributed by atoms with Crippen molar-refractivity contribution in [1.82, 2.24) is 0 Å². The Labute approximate surface area is 222 Å². The van der Waals surface area contributed by atoms with E-state index in [1.54, 1.807) is 13.8 Å². The highest BCUT2D eigenvalue weighted by molar-refractivity contribution is 6.07. The lowest BCUT2D eigenvalue weighted by Gasteiger charge is -2.17. The number of hydrogen-bond acceptors (Lipinski definition) is 6. The van der Waals surface area contributed by atoms with Crippen molar-refractivity contribution in [2.75, 3.05) is 23.8 Å². The van der Waals surface area contributed by atoms with E-state index in [9.17, 15) is 9.59 Å². The molecule has 0 unspecified atom stereocenters. The molecule has 0 saturated heterocycles. The van der Waals surface area contributed by atoms with Crippen LogP contribution in [0.4, 0.5) is 11.4 Å². The van der Waals surface area contributed by atoms with Gasteiger partial charge in [0.05, 0.1) is 24.6 Å². The molecule has 0 fully saturated rings. The first-order chi connectivity index (χ1) is 18.6. The second kappa shape index (κ2) is 12.9. The fourth-order valence-corrected chi connectivity index (χ4v) is 4.04. The van der Waals surface area contributed by atoms with Crippen molar-refractivity contribution in [1.29, 1.82) is 0 Å². The smallest absolute Gasteiger partial charge is 0.332 e. The molecule has 0 aromatic heterocycles. The number of carbonyl (C=O) groups is 2. The molecule has 38 heavy (non-hydrogen) atoms. The van der Waals surface area contributed by atoms with Gasteiger partial charge in [0.2, 0.25) is 0 Å². The minimum absolute atomic E-state index is 0.295. The van der Waals surface area contributed by atoms with Gasteiger partial charge in [0, 0.05) is 34.3 Å². The van der Waals surface area contributed by atoms with Gasteiger partial charge in [0.15, 0.2) is 0 Å². The van der Waals surface area contributed by atoms with Gasteiger partial charge >= 0.3 is 11.9 Å². The molecule has 4 aromatic rings. The van der Waals surface area contributed by atoms with Crippen LogP contribution in [0.25, 0.3) is 22.2 Å². The first-order valence-corrected chi connectivity index (χ1v) is 12.5. The van der Waals surface area contributed by atoms with E-state index in [2.05, 4.69) is 10.6 Å². The van der Waals surface area contributed by atoms with Crippen LogP contribution in [-0.4, -0.2) is 25.2 Å². The second-order valence-electron chi connectivity index (χ2n) is 8.31.